The van der Waals surface area contributed by atoms with Crippen LogP contribution in [0.15, 0.2) is 34.8 Å². The van der Waals surface area contributed by atoms with Crippen molar-refractivity contribution in [3.63, 3.8) is 0 Å². The molecule has 0 saturated carbocycles. The molecule has 0 aliphatic rings. The SMILES string of the molecule is C=C(C)CN(C)c1ccc(Br)cc1C(C)O. The molecule has 0 radical (unpaired) electrons. The van der Waals surface area contributed by atoms with Crippen LogP contribution in [0.5, 0.6) is 0 Å². The van der Waals surface area contributed by atoms with E-state index in [1.54, 1.807) is 6.92 Å². The molecule has 1 N–H and O–H groups in total. The lowest BCUT2D eigenvalue weighted by molar-refractivity contribution is 0.199. The Bertz CT molecular complexity index is 388. The number of hydrogen-bond donors (Lipinski definition) is 1. The van der Waals surface area contributed by atoms with Crippen LogP contribution in [0.1, 0.15) is 25.5 Å². The van der Waals surface area contributed by atoms with Crippen LogP contribution in [0.2, 0.25) is 0 Å². The lowest BCUT2D eigenvalue weighted by atomic mass is 10.1. The maximum Gasteiger partial charge on any atom is 0.0782 e. The Hall–Kier alpha value is -0.800. The molecule has 2 nitrogen and oxygen atoms in total. The summed E-state index contributed by atoms with van der Waals surface area (Å²) in [5.74, 6) is 0. The Labute approximate surface area is 106 Å². The van der Waals surface area contributed by atoms with Crippen molar-refractivity contribution in [2.24, 2.45) is 0 Å². The summed E-state index contributed by atoms with van der Waals surface area (Å²) < 4.78 is 0.982. The molecule has 0 amide bonds. The van der Waals surface area contributed by atoms with Gasteiger partial charge in [0.1, 0.15) is 0 Å². The highest BCUT2D eigenvalue weighted by atomic mass is 79.9. The predicted molar refractivity (Wildman–Crippen MR) is 72.9 cm³/mol. The van der Waals surface area contributed by atoms with Crippen LogP contribution < -0.4 is 4.90 Å². The summed E-state index contributed by atoms with van der Waals surface area (Å²) in [7, 11) is 2.00. The van der Waals surface area contributed by atoms with Gasteiger partial charge in [-0.25, -0.2) is 0 Å². The molecule has 0 aliphatic carbocycles. The van der Waals surface area contributed by atoms with E-state index in [1.807, 2.05) is 32.2 Å². The van der Waals surface area contributed by atoms with Crippen LogP contribution in [-0.2, 0) is 0 Å². The highest BCUT2D eigenvalue weighted by molar-refractivity contribution is 9.10. The second-order valence-corrected chi connectivity index (χ2v) is 5.11. The first-order valence-corrected chi connectivity index (χ1v) is 6.04. The third-order valence-corrected chi connectivity index (χ3v) is 2.85. The van der Waals surface area contributed by atoms with Crippen molar-refractivity contribution in [1.82, 2.24) is 0 Å². The fraction of sp³-hybridized carbons (Fsp3) is 0.385. The third-order valence-electron chi connectivity index (χ3n) is 2.36. The summed E-state index contributed by atoms with van der Waals surface area (Å²) in [6.45, 7) is 8.47. The van der Waals surface area contributed by atoms with Crippen LogP contribution in [0.3, 0.4) is 0 Å². The number of halogens is 1. The molecule has 1 unspecified atom stereocenters. The third kappa shape index (κ3) is 3.35. The molecule has 1 aromatic carbocycles. The molecule has 0 bridgehead atoms. The maximum absolute atomic E-state index is 9.74. The van der Waals surface area contributed by atoms with Gasteiger partial charge in [-0.1, -0.05) is 28.1 Å². The van der Waals surface area contributed by atoms with Crippen molar-refractivity contribution in [3.8, 4) is 0 Å². The van der Waals surface area contributed by atoms with Gasteiger partial charge in [-0.2, -0.15) is 0 Å². The number of hydrogen-bond acceptors (Lipinski definition) is 2. The van der Waals surface area contributed by atoms with Gasteiger partial charge in [0, 0.05) is 29.3 Å². The minimum atomic E-state index is -0.472. The zero-order valence-corrected chi connectivity index (χ0v) is 11.6. The normalized spacial score (nSPS) is 12.3. The molecule has 1 aromatic rings. The predicted octanol–water partition coefficient (Wildman–Crippen LogP) is 3.51. The summed E-state index contributed by atoms with van der Waals surface area (Å²) in [5.41, 5.74) is 3.07. The van der Waals surface area contributed by atoms with E-state index in [2.05, 4.69) is 27.4 Å². The van der Waals surface area contributed by atoms with Crippen LogP contribution in [0.25, 0.3) is 0 Å². The van der Waals surface area contributed by atoms with Crippen molar-refractivity contribution < 1.29 is 5.11 Å². The first-order valence-electron chi connectivity index (χ1n) is 5.25. The zero-order chi connectivity index (χ0) is 12.3. The monoisotopic (exact) mass is 283 g/mol. The summed E-state index contributed by atoms with van der Waals surface area (Å²) in [4.78, 5) is 2.09. The van der Waals surface area contributed by atoms with Crippen LogP contribution in [-0.4, -0.2) is 18.7 Å². The van der Waals surface area contributed by atoms with E-state index in [1.165, 1.54) is 0 Å². The number of aliphatic hydroxyl groups excluding tert-OH is 1. The molecule has 3 heteroatoms. The Morgan fingerprint density at radius 3 is 2.69 bits per heavy atom. The van der Waals surface area contributed by atoms with Gasteiger partial charge < -0.3 is 10.0 Å². The highest BCUT2D eigenvalue weighted by Gasteiger charge is 2.12. The zero-order valence-electron chi connectivity index (χ0n) is 10.00. The van der Waals surface area contributed by atoms with E-state index in [9.17, 15) is 5.11 Å². The van der Waals surface area contributed by atoms with E-state index >= 15 is 0 Å². The van der Waals surface area contributed by atoms with Crippen LogP contribution >= 0.6 is 15.9 Å². The second-order valence-electron chi connectivity index (χ2n) is 4.19. The van der Waals surface area contributed by atoms with Gasteiger partial charge in [-0.15, -0.1) is 0 Å². The summed E-state index contributed by atoms with van der Waals surface area (Å²) >= 11 is 3.42. The van der Waals surface area contributed by atoms with Gasteiger partial charge in [0.05, 0.1) is 6.10 Å². The molecular weight excluding hydrogens is 266 g/mol. The summed E-state index contributed by atoms with van der Waals surface area (Å²) in [6.07, 6.45) is -0.472. The minimum absolute atomic E-state index is 0.472. The summed E-state index contributed by atoms with van der Waals surface area (Å²) in [6, 6.07) is 5.94. The molecule has 0 fully saturated rings. The van der Waals surface area contributed by atoms with Gasteiger partial charge in [0.25, 0.3) is 0 Å². The standard InChI is InChI=1S/C13H18BrNO/c1-9(2)8-15(4)13-6-5-11(14)7-12(13)10(3)16/h5-7,10,16H,1,8H2,2-4H3. The van der Waals surface area contributed by atoms with Gasteiger partial charge in [-0.05, 0) is 32.0 Å². The minimum Gasteiger partial charge on any atom is -0.389 e. The number of anilines is 1. The van der Waals surface area contributed by atoms with E-state index in [0.717, 1.165) is 27.8 Å². The Morgan fingerprint density at radius 2 is 2.19 bits per heavy atom. The molecule has 88 valence electrons. The topological polar surface area (TPSA) is 23.5 Å². The van der Waals surface area contributed by atoms with Crippen molar-refractivity contribution in [2.75, 3.05) is 18.5 Å². The van der Waals surface area contributed by atoms with Crippen LogP contribution in [0, 0.1) is 0 Å². The molecule has 0 spiro atoms. The number of benzene rings is 1. The summed E-state index contributed by atoms with van der Waals surface area (Å²) in [5, 5.41) is 9.74. The van der Waals surface area contributed by atoms with Gasteiger partial charge >= 0.3 is 0 Å². The average molecular weight is 284 g/mol. The van der Waals surface area contributed by atoms with E-state index in [4.69, 9.17) is 0 Å². The van der Waals surface area contributed by atoms with Crippen molar-refractivity contribution in [3.05, 3.63) is 40.4 Å². The molecule has 0 saturated heterocycles. The molecule has 1 rings (SSSR count). The molecular formula is C13H18BrNO. The lowest BCUT2D eigenvalue weighted by Gasteiger charge is -2.24. The van der Waals surface area contributed by atoms with Crippen LogP contribution in [0.4, 0.5) is 5.69 Å². The van der Waals surface area contributed by atoms with Crippen molar-refractivity contribution in [1.29, 1.82) is 0 Å². The smallest absolute Gasteiger partial charge is 0.0782 e. The second kappa shape index (κ2) is 5.51. The van der Waals surface area contributed by atoms with Crippen molar-refractivity contribution in [2.45, 2.75) is 20.0 Å². The fourth-order valence-corrected chi connectivity index (χ4v) is 2.08. The molecule has 0 aromatic heterocycles. The van der Waals surface area contributed by atoms with Gasteiger partial charge in [-0.3, -0.25) is 0 Å². The largest absolute Gasteiger partial charge is 0.389 e. The number of aliphatic hydroxyl groups is 1. The number of rotatable bonds is 4. The van der Waals surface area contributed by atoms with E-state index in [0.29, 0.717) is 0 Å². The lowest BCUT2D eigenvalue weighted by Crippen LogP contribution is -2.21. The molecule has 0 heterocycles. The van der Waals surface area contributed by atoms with E-state index in [-0.39, 0.29) is 0 Å². The Balaban J connectivity index is 3.07. The Morgan fingerprint density at radius 1 is 1.56 bits per heavy atom. The average Bonchev–Trinajstić information content (AvgIpc) is 2.16. The first kappa shape index (κ1) is 13.3. The quantitative estimate of drug-likeness (QED) is 0.855. The fourth-order valence-electron chi connectivity index (χ4n) is 1.70. The van der Waals surface area contributed by atoms with E-state index < -0.39 is 6.10 Å². The Kier molecular flexibility index (Phi) is 4.56. The molecule has 1 atom stereocenters. The molecule has 0 aliphatic heterocycles. The molecule has 16 heavy (non-hydrogen) atoms. The highest BCUT2D eigenvalue weighted by Crippen LogP contribution is 2.29. The maximum atomic E-state index is 9.74. The number of nitrogens with zero attached hydrogens (tertiary/aromatic N) is 1. The van der Waals surface area contributed by atoms with Gasteiger partial charge in [0.15, 0.2) is 0 Å². The first-order chi connectivity index (χ1) is 7.41. The van der Waals surface area contributed by atoms with Crippen molar-refractivity contribution >= 4 is 21.6 Å². The van der Waals surface area contributed by atoms with Gasteiger partial charge in [0.2, 0.25) is 0 Å². The number of likely N-dealkylation sites (N-methyl/N-ethyl adjacent to an activating group) is 1.